The molecule has 0 spiro atoms. The molecule has 2 aliphatic rings. The predicted octanol–water partition coefficient (Wildman–Crippen LogP) is 4.99. The number of nitrogens with zero attached hydrogens (tertiary/aromatic N) is 4. The van der Waals surface area contributed by atoms with Crippen molar-refractivity contribution in [3.8, 4) is 5.75 Å². The minimum absolute atomic E-state index is 0.0211. The number of aromatic nitrogens is 1. The lowest BCUT2D eigenvalue weighted by atomic mass is 9.88. The topological polar surface area (TPSA) is 131 Å². The van der Waals surface area contributed by atoms with Crippen molar-refractivity contribution in [2.45, 2.75) is 70.8 Å². The number of thioether (sulfide) groups is 1. The second-order valence-electron chi connectivity index (χ2n) is 12.9. The molecular formula is C33H45N5O7S. The summed E-state index contributed by atoms with van der Waals surface area (Å²) < 4.78 is 10.3. The smallest absolute Gasteiger partial charge is 0.409 e. The van der Waals surface area contributed by atoms with E-state index in [2.05, 4.69) is 10.3 Å². The van der Waals surface area contributed by atoms with Crippen molar-refractivity contribution in [1.82, 2.24) is 19.8 Å². The summed E-state index contributed by atoms with van der Waals surface area (Å²) >= 11 is 1.62. The Balaban J connectivity index is 1.41. The Morgan fingerprint density at radius 1 is 1.04 bits per heavy atom. The molecule has 0 saturated carbocycles. The first-order chi connectivity index (χ1) is 21.8. The first kappa shape index (κ1) is 35.0. The van der Waals surface area contributed by atoms with Gasteiger partial charge in [-0.3, -0.25) is 14.6 Å². The maximum absolute atomic E-state index is 13.9. The number of hydrogen-bond acceptors (Lipinski definition) is 10. The zero-order chi connectivity index (χ0) is 33.5. The van der Waals surface area contributed by atoms with E-state index in [0.29, 0.717) is 50.1 Å². The second kappa shape index (κ2) is 15.2. The molecule has 2 saturated heterocycles. The van der Waals surface area contributed by atoms with Crippen LogP contribution >= 0.6 is 11.8 Å². The van der Waals surface area contributed by atoms with Crippen molar-refractivity contribution in [3.63, 3.8) is 0 Å². The number of rotatable bonds is 10. The molecule has 2 atom stereocenters. The molecule has 46 heavy (non-hydrogen) atoms. The third kappa shape index (κ3) is 9.58. The largest absolute Gasteiger partial charge is 0.460 e. The van der Waals surface area contributed by atoms with E-state index in [-0.39, 0.29) is 30.7 Å². The van der Waals surface area contributed by atoms with Crippen LogP contribution in [0.4, 0.5) is 15.3 Å². The molecule has 0 bridgehead atoms. The van der Waals surface area contributed by atoms with Crippen molar-refractivity contribution < 1.29 is 33.5 Å². The Hall–Kier alpha value is -3.84. The van der Waals surface area contributed by atoms with Gasteiger partial charge in [0.15, 0.2) is 11.5 Å². The van der Waals surface area contributed by atoms with Crippen LogP contribution in [0.2, 0.25) is 0 Å². The van der Waals surface area contributed by atoms with Gasteiger partial charge < -0.3 is 29.4 Å². The molecule has 2 fully saturated rings. The normalized spacial score (nSPS) is 18.9. The zero-order valence-corrected chi connectivity index (χ0v) is 28.3. The molecule has 1 aromatic carbocycles. The first-order valence-electron chi connectivity index (χ1n) is 15.6. The highest BCUT2D eigenvalue weighted by Gasteiger charge is 2.48. The van der Waals surface area contributed by atoms with Crippen LogP contribution in [0, 0.1) is 5.92 Å². The van der Waals surface area contributed by atoms with Crippen LogP contribution < -0.4 is 10.2 Å². The lowest BCUT2D eigenvalue weighted by Gasteiger charge is -2.34. The third-order valence-corrected chi connectivity index (χ3v) is 8.99. The lowest BCUT2D eigenvalue weighted by molar-refractivity contribution is -0.162. The van der Waals surface area contributed by atoms with Gasteiger partial charge in [-0.25, -0.2) is 9.59 Å². The molecule has 1 aromatic heterocycles. The second-order valence-corrected chi connectivity index (χ2v) is 14.5. The van der Waals surface area contributed by atoms with Crippen LogP contribution in [-0.4, -0.2) is 98.8 Å². The summed E-state index contributed by atoms with van der Waals surface area (Å²) in [7, 11) is 0. The van der Waals surface area contributed by atoms with Crippen LogP contribution in [0.15, 0.2) is 48.8 Å². The van der Waals surface area contributed by atoms with E-state index >= 15 is 0 Å². The van der Waals surface area contributed by atoms with E-state index < -0.39 is 28.3 Å². The Morgan fingerprint density at radius 3 is 2.33 bits per heavy atom. The molecule has 0 aliphatic carbocycles. The summed E-state index contributed by atoms with van der Waals surface area (Å²) in [5, 5.41) is 4.57. The van der Waals surface area contributed by atoms with Crippen LogP contribution in [0.3, 0.4) is 0 Å². The highest BCUT2D eigenvalue weighted by atomic mass is 32.2. The Labute approximate surface area is 275 Å². The SMILES string of the molecule is CCOC(=O)N1CCN(C(=O)Nc2ccc(C[C@H](CC(=O)[C@H]3N(Oc4cccnc4)CSC3(C)C)C(=O)OC(C)(C)C)cc2)CC1. The summed E-state index contributed by atoms with van der Waals surface area (Å²) in [6.45, 7) is 13.1. The van der Waals surface area contributed by atoms with Gasteiger partial charge in [-0.05, 0) is 77.8 Å². The monoisotopic (exact) mass is 655 g/mol. The van der Waals surface area contributed by atoms with Gasteiger partial charge in [0, 0.05) is 49.2 Å². The number of piperazine rings is 1. The molecule has 1 N–H and O–H groups in total. The van der Waals surface area contributed by atoms with Crippen LogP contribution in [0.25, 0.3) is 0 Å². The maximum atomic E-state index is 13.9. The number of esters is 1. The number of urea groups is 1. The number of amides is 3. The first-order valence-corrected chi connectivity index (χ1v) is 16.5. The van der Waals surface area contributed by atoms with Gasteiger partial charge in [-0.2, -0.15) is 0 Å². The number of anilines is 1. The molecule has 0 radical (unpaired) electrons. The standard InChI is InChI=1S/C33H45N5O7S/c1-7-43-31(42)37-17-15-36(16-18-37)30(41)35-25-12-10-23(11-13-25)19-24(29(40)44-32(2,3)4)20-27(39)28-33(5,6)46-22-38(28)45-26-9-8-14-34-21-26/h8-14,21,24,28H,7,15-20,22H2,1-6H3,(H,35,41)/t24-,28-/m1/s1. The van der Waals surface area contributed by atoms with Crippen molar-refractivity contribution in [3.05, 3.63) is 54.4 Å². The van der Waals surface area contributed by atoms with Crippen LogP contribution in [-0.2, 0) is 25.5 Å². The molecule has 4 rings (SSSR count). The molecule has 13 heteroatoms. The quantitative estimate of drug-likeness (QED) is 0.349. The summed E-state index contributed by atoms with van der Waals surface area (Å²) in [6, 6.07) is 9.93. The van der Waals surface area contributed by atoms with Gasteiger partial charge in [0.1, 0.15) is 11.6 Å². The molecule has 3 amide bonds. The number of carbonyl (C=O) groups is 4. The average Bonchev–Trinajstić information content (AvgIpc) is 3.30. The molecule has 2 aromatic rings. The molecule has 2 aliphatic heterocycles. The fourth-order valence-corrected chi connectivity index (χ4v) is 6.46. The van der Waals surface area contributed by atoms with Gasteiger partial charge in [0.25, 0.3) is 0 Å². The number of Topliss-reactive ketones (excluding diaryl/α,β-unsaturated/α-hetero) is 1. The zero-order valence-electron chi connectivity index (χ0n) is 27.5. The summed E-state index contributed by atoms with van der Waals surface area (Å²) in [6.07, 6.45) is 3.15. The van der Waals surface area contributed by atoms with E-state index in [0.717, 1.165) is 5.56 Å². The van der Waals surface area contributed by atoms with Crippen molar-refractivity contribution in [2.75, 3.05) is 44.0 Å². The van der Waals surface area contributed by atoms with Crippen LogP contribution in [0.1, 0.15) is 53.5 Å². The maximum Gasteiger partial charge on any atom is 0.409 e. The van der Waals surface area contributed by atoms with Gasteiger partial charge in [-0.1, -0.05) is 12.1 Å². The van der Waals surface area contributed by atoms with Gasteiger partial charge >= 0.3 is 18.1 Å². The van der Waals surface area contributed by atoms with E-state index in [9.17, 15) is 19.2 Å². The number of ether oxygens (including phenoxy) is 2. The Kier molecular flexibility index (Phi) is 11.5. The Bertz CT molecular complexity index is 1360. The molecule has 12 nitrogen and oxygen atoms in total. The van der Waals surface area contributed by atoms with E-state index in [1.807, 2.05) is 26.0 Å². The lowest BCUT2D eigenvalue weighted by Crippen LogP contribution is -2.51. The number of carbonyl (C=O) groups excluding carboxylic acids is 4. The summed E-state index contributed by atoms with van der Waals surface area (Å²) in [4.78, 5) is 65.5. The van der Waals surface area contributed by atoms with E-state index in [4.69, 9.17) is 14.3 Å². The Morgan fingerprint density at radius 2 is 1.72 bits per heavy atom. The number of hydrogen-bond donors (Lipinski definition) is 1. The number of hydroxylamine groups is 2. The molecule has 0 unspecified atom stereocenters. The molecular weight excluding hydrogens is 610 g/mol. The molecule has 3 heterocycles. The summed E-state index contributed by atoms with van der Waals surface area (Å²) in [5.74, 6) is -0.244. The average molecular weight is 656 g/mol. The van der Waals surface area contributed by atoms with Crippen molar-refractivity contribution in [2.24, 2.45) is 5.92 Å². The highest BCUT2D eigenvalue weighted by molar-refractivity contribution is 8.00. The number of benzene rings is 1. The minimum Gasteiger partial charge on any atom is -0.460 e. The predicted molar refractivity (Wildman–Crippen MR) is 175 cm³/mol. The van der Waals surface area contributed by atoms with E-state index in [1.165, 1.54) is 0 Å². The highest BCUT2D eigenvalue weighted by Crippen LogP contribution is 2.41. The van der Waals surface area contributed by atoms with Gasteiger partial charge in [0.2, 0.25) is 0 Å². The van der Waals surface area contributed by atoms with Gasteiger partial charge in [0.05, 0.1) is 24.6 Å². The molecule has 250 valence electrons. The minimum atomic E-state index is -0.718. The number of nitrogens with one attached hydrogen (secondary N) is 1. The van der Waals surface area contributed by atoms with Crippen molar-refractivity contribution >= 4 is 41.3 Å². The van der Waals surface area contributed by atoms with Crippen molar-refractivity contribution in [1.29, 1.82) is 0 Å². The fourth-order valence-electron chi connectivity index (χ4n) is 5.39. The number of ketones is 1. The summed E-state index contributed by atoms with van der Waals surface area (Å²) in [5.41, 5.74) is 0.708. The van der Waals surface area contributed by atoms with Crippen LogP contribution in [0.5, 0.6) is 5.75 Å². The van der Waals surface area contributed by atoms with Gasteiger partial charge in [-0.15, -0.1) is 16.8 Å². The third-order valence-electron chi connectivity index (χ3n) is 7.64. The number of pyridine rings is 1. The fraction of sp³-hybridized carbons (Fsp3) is 0.545. The van der Waals surface area contributed by atoms with E-state index in [1.54, 1.807) is 91.0 Å².